The molecule has 0 aliphatic carbocycles. The second kappa shape index (κ2) is 16.1. The van der Waals surface area contributed by atoms with Crippen LogP contribution >= 0.6 is 45.2 Å². The maximum Gasteiger partial charge on any atom is 0.337 e. The average molecular weight is 844 g/mol. The standard InChI is InChI=1S/C31H31FI2N4O7/c1-4-43-25-13-20(28-27(30(40)42-3)17(2)36-31(41)37-28)7-10-24(25)44-16-26(39)38-35-14-19-11-22(33)29(23(34)12-19)45-15-18-5-8-21(32)9-6-18/h5-14,26,28,38-39H,4,15-16H2,1-3H3,(H2,36,37,41)/b35-14-/t26-,28+/m0/s1. The van der Waals surface area contributed by atoms with Crippen molar-refractivity contribution in [2.75, 3.05) is 20.3 Å². The van der Waals surface area contributed by atoms with Crippen LogP contribution in [0.5, 0.6) is 17.2 Å². The van der Waals surface area contributed by atoms with Gasteiger partial charge in [0.25, 0.3) is 0 Å². The summed E-state index contributed by atoms with van der Waals surface area (Å²) in [6.07, 6.45) is 0.423. The van der Waals surface area contributed by atoms with Crippen LogP contribution < -0.4 is 30.3 Å². The highest BCUT2D eigenvalue weighted by Gasteiger charge is 2.32. The summed E-state index contributed by atoms with van der Waals surface area (Å²) in [6.45, 7) is 3.92. The number of nitrogens with zero attached hydrogens (tertiary/aromatic N) is 1. The quantitative estimate of drug-likeness (QED) is 0.0611. The van der Waals surface area contributed by atoms with Gasteiger partial charge in [0.1, 0.15) is 24.8 Å². The largest absolute Gasteiger partial charge is 0.490 e. The molecule has 3 aromatic rings. The van der Waals surface area contributed by atoms with E-state index in [1.54, 1.807) is 43.5 Å². The number of ether oxygens (including phenoxy) is 4. The number of rotatable bonds is 13. The monoisotopic (exact) mass is 844 g/mol. The van der Waals surface area contributed by atoms with E-state index in [9.17, 15) is 19.1 Å². The Morgan fingerprint density at radius 3 is 2.47 bits per heavy atom. The number of carbonyl (C=O) groups excluding carboxylic acids is 2. The minimum atomic E-state index is -1.15. The van der Waals surface area contributed by atoms with Gasteiger partial charge in [0.2, 0.25) is 0 Å². The van der Waals surface area contributed by atoms with E-state index in [1.165, 1.54) is 19.2 Å². The SMILES string of the molecule is CCOc1cc([C@H]2NC(=O)NC(C)=C2C(=O)OC)ccc1OC[C@H](O)N/N=C\c1cc(I)c(OCc2ccc(F)cc2)c(I)c1. The molecule has 0 fully saturated rings. The van der Waals surface area contributed by atoms with E-state index in [0.29, 0.717) is 41.7 Å². The molecule has 2 amide bonds. The van der Waals surface area contributed by atoms with E-state index in [1.807, 2.05) is 19.1 Å². The van der Waals surface area contributed by atoms with Crippen molar-refractivity contribution in [1.29, 1.82) is 0 Å². The summed E-state index contributed by atoms with van der Waals surface area (Å²) in [6, 6.07) is 13.7. The first-order valence-electron chi connectivity index (χ1n) is 13.7. The molecular weight excluding hydrogens is 813 g/mol. The number of hydrogen-bond donors (Lipinski definition) is 4. The zero-order chi connectivity index (χ0) is 32.5. The van der Waals surface area contributed by atoms with Gasteiger partial charge in [-0.3, -0.25) is 5.43 Å². The first kappa shape index (κ1) is 34.2. The molecule has 1 aliphatic heterocycles. The number of aliphatic hydroxyl groups excluding tert-OH is 1. The third kappa shape index (κ3) is 9.20. The summed E-state index contributed by atoms with van der Waals surface area (Å²) in [4.78, 5) is 24.6. The first-order valence-corrected chi connectivity index (χ1v) is 15.8. The predicted octanol–water partition coefficient (Wildman–Crippen LogP) is 5.13. The fraction of sp³-hybridized carbons (Fsp3) is 0.258. The fourth-order valence-electron chi connectivity index (χ4n) is 4.35. The molecule has 2 atom stereocenters. The smallest absolute Gasteiger partial charge is 0.337 e. The van der Waals surface area contributed by atoms with Crippen LogP contribution in [-0.2, 0) is 16.1 Å². The van der Waals surface area contributed by atoms with Crippen molar-refractivity contribution >= 4 is 63.4 Å². The van der Waals surface area contributed by atoms with Crippen molar-refractivity contribution in [3.05, 3.63) is 95.5 Å². The lowest BCUT2D eigenvalue weighted by Gasteiger charge is -2.28. The molecule has 238 valence electrons. The Balaban J connectivity index is 1.37. The number of hydrogen-bond acceptors (Lipinski definition) is 9. The van der Waals surface area contributed by atoms with Crippen LogP contribution in [0.15, 0.2) is 71.0 Å². The van der Waals surface area contributed by atoms with Crippen molar-refractivity contribution in [1.82, 2.24) is 16.1 Å². The number of hydrazone groups is 1. The Morgan fingerprint density at radius 1 is 1.09 bits per heavy atom. The molecule has 0 bridgehead atoms. The molecular formula is C31H31FI2N4O7. The van der Waals surface area contributed by atoms with Gasteiger partial charge < -0.3 is 34.7 Å². The van der Waals surface area contributed by atoms with Crippen LogP contribution in [-0.4, -0.2) is 49.9 Å². The second-order valence-corrected chi connectivity index (χ2v) is 12.0. The molecule has 45 heavy (non-hydrogen) atoms. The van der Waals surface area contributed by atoms with E-state index < -0.39 is 24.3 Å². The predicted molar refractivity (Wildman–Crippen MR) is 182 cm³/mol. The lowest BCUT2D eigenvalue weighted by Crippen LogP contribution is -2.45. The van der Waals surface area contributed by atoms with Crippen LogP contribution in [0.3, 0.4) is 0 Å². The van der Waals surface area contributed by atoms with Crippen LogP contribution in [0, 0.1) is 13.0 Å². The van der Waals surface area contributed by atoms with Gasteiger partial charge in [-0.2, -0.15) is 5.10 Å². The van der Waals surface area contributed by atoms with Crippen molar-refractivity contribution in [2.24, 2.45) is 5.10 Å². The first-order chi connectivity index (χ1) is 21.6. The topological polar surface area (TPSA) is 140 Å². The number of allylic oxidation sites excluding steroid dienone is 1. The Hall–Kier alpha value is -3.64. The minimum absolute atomic E-state index is 0.154. The van der Waals surface area contributed by atoms with E-state index >= 15 is 0 Å². The minimum Gasteiger partial charge on any atom is -0.490 e. The highest BCUT2D eigenvalue weighted by atomic mass is 127. The molecule has 1 heterocycles. The number of aliphatic hydroxyl groups is 1. The molecule has 4 rings (SSSR count). The Kier molecular flexibility index (Phi) is 12.2. The average Bonchev–Trinajstić information content (AvgIpc) is 3.00. The van der Waals surface area contributed by atoms with Gasteiger partial charge in [0.05, 0.1) is 38.7 Å². The van der Waals surface area contributed by atoms with Gasteiger partial charge in [-0.25, -0.2) is 14.0 Å². The van der Waals surface area contributed by atoms with Gasteiger partial charge in [0, 0.05) is 5.70 Å². The number of amides is 2. The summed E-state index contributed by atoms with van der Waals surface area (Å²) in [5.41, 5.74) is 5.51. The molecule has 14 heteroatoms. The maximum atomic E-state index is 13.2. The van der Waals surface area contributed by atoms with Crippen molar-refractivity contribution in [3.8, 4) is 17.2 Å². The van der Waals surface area contributed by atoms with Crippen LogP contribution in [0.1, 0.15) is 36.6 Å². The number of halogens is 3. The molecule has 0 saturated carbocycles. The van der Waals surface area contributed by atoms with E-state index in [4.69, 9.17) is 18.9 Å². The molecule has 0 unspecified atom stereocenters. The fourth-order valence-corrected chi connectivity index (χ4v) is 6.48. The van der Waals surface area contributed by atoms with E-state index in [2.05, 4.69) is 66.3 Å². The Labute approximate surface area is 286 Å². The molecule has 1 aliphatic rings. The number of esters is 1. The Morgan fingerprint density at radius 2 is 1.80 bits per heavy atom. The van der Waals surface area contributed by atoms with Crippen molar-refractivity contribution in [3.63, 3.8) is 0 Å². The summed E-state index contributed by atoms with van der Waals surface area (Å²) < 4.78 is 37.3. The number of urea groups is 1. The lowest BCUT2D eigenvalue weighted by atomic mass is 9.95. The summed E-state index contributed by atoms with van der Waals surface area (Å²) in [7, 11) is 1.27. The highest BCUT2D eigenvalue weighted by Crippen LogP contribution is 2.35. The summed E-state index contributed by atoms with van der Waals surface area (Å²) in [5, 5.41) is 19.9. The van der Waals surface area contributed by atoms with Crippen molar-refractivity contribution < 1.29 is 38.0 Å². The lowest BCUT2D eigenvalue weighted by molar-refractivity contribution is -0.136. The number of carbonyl (C=O) groups is 2. The molecule has 0 aromatic heterocycles. The van der Waals surface area contributed by atoms with Crippen LogP contribution in [0.4, 0.5) is 9.18 Å². The van der Waals surface area contributed by atoms with Gasteiger partial charge in [0.15, 0.2) is 17.7 Å². The number of methoxy groups -OCH3 is 1. The normalized spacial score (nSPS) is 15.3. The number of nitrogens with one attached hydrogen (secondary N) is 3. The molecule has 0 saturated heterocycles. The van der Waals surface area contributed by atoms with Gasteiger partial charge in [-0.15, -0.1) is 0 Å². The summed E-state index contributed by atoms with van der Waals surface area (Å²) in [5.74, 6) is 0.562. The molecule has 0 radical (unpaired) electrons. The molecule has 0 spiro atoms. The summed E-state index contributed by atoms with van der Waals surface area (Å²) >= 11 is 4.35. The van der Waals surface area contributed by atoms with E-state index in [0.717, 1.165) is 18.3 Å². The zero-order valence-corrected chi connectivity index (χ0v) is 28.8. The molecule has 11 nitrogen and oxygen atoms in total. The second-order valence-electron chi connectivity index (χ2n) is 9.64. The van der Waals surface area contributed by atoms with Crippen LogP contribution in [0.25, 0.3) is 0 Å². The zero-order valence-electron chi connectivity index (χ0n) is 24.5. The van der Waals surface area contributed by atoms with Gasteiger partial charge in [-0.1, -0.05) is 18.2 Å². The van der Waals surface area contributed by atoms with E-state index in [-0.39, 0.29) is 18.0 Å². The third-order valence-electron chi connectivity index (χ3n) is 6.43. The van der Waals surface area contributed by atoms with Crippen molar-refractivity contribution in [2.45, 2.75) is 32.7 Å². The van der Waals surface area contributed by atoms with Gasteiger partial charge in [-0.05, 0) is 112 Å². The van der Waals surface area contributed by atoms with Crippen LogP contribution in [0.2, 0.25) is 0 Å². The third-order valence-corrected chi connectivity index (χ3v) is 8.03. The number of benzene rings is 3. The van der Waals surface area contributed by atoms with Gasteiger partial charge >= 0.3 is 12.0 Å². The molecule has 4 N–H and O–H groups in total. The maximum absolute atomic E-state index is 13.2. The Bertz CT molecular complexity index is 1580. The molecule has 3 aromatic carbocycles. The highest BCUT2D eigenvalue weighted by molar-refractivity contribution is 14.1.